The Kier molecular flexibility index (Phi) is 10.4. The largest absolute Gasteiger partial charge is 6.00 e. The monoisotopic (exact) mass is 374 g/mol. The van der Waals surface area contributed by atoms with Gasteiger partial charge in [-0.2, -0.15) is 15.6 Å². The van der Waals surface area contributed by atoms with E-state index in [1.54, 1.807) is 0 Å². The van der Waals surface area contributed by atoms with Crippen LogP contribution in [0.3, 0.4) is 0 Å². The molecule has 0 radical (unpaired) electrons. The van der Waals surface area contributed by atoms with Gasteiger partial charge in [0.15, 0.2) is 0 Å². The molecular weight excluding hydrogens is 374 g/mol. The van der Waals surface area contributed by atoms with Crippen LogP contribution < -0.4 is 29.4 Å². The van der Waals surface area contributed by atoms with Gasteiger partial charge in [-0.3, -0.25) is 0 Å². The van der Waals surface area contributed by atoms with E-state index < -0.39 is 15.6 Å². The maximum absolute atomic E-state index is 8.55. The molecule has 0 unspecified atom stereocenters. The predicted molar refractivity (Wildman–Crippen MR) is 15.2 cm³/mol. The van der Waals surface area contributed by atoms with Gasteiger partial charge in [-0.15, -0.1) is 0 Å². The van der Waals surface area contributed by atoms with Crippen LogP contribution in [0, 0.1) is 0 Å². The maximum atomic E-state index is 8.55. The molecule has 8 nitrogen and oxygen atoms in total. The molecule has 0 aliphatic rings. The molecule has 0 aromatic carbocycles. The van der Waals surface area contributed by atoms with Gasteiger partial charge in [-0.05, 0) is 0 Å². The van der Waals surface area contributed by atoms with E-state index in [1.165, 1.54) is 0 Å². The minimum atomic E-state index is -5.39. The van der Waals surface area contributed by atoms with Crippen molar-refractivity contribution >= 4 is 15.6 Å². The SMILES string of the molecule is O=P([O-])([O-])[O-].O=P([O-])([O-])[O-].[W+6]. The van der Waals surface area contributed by atoms with Gasteiger partial charge in [0.25, 0.3) is 0 Å². The zero-order chi connectivity index (χ0) is 9.00. The molecule has 11 heteroatoms. The maximum Gasteiger partial charge on any atom is 6.00 e. The van der Waals surface area contributed by atoms with Crippen LogP contribution in [0.15, 0.2) is 0 Å². The summed E-state index contributed by atoms with van der Waals surface area (Å²) in [6, 6.07) is 0. The van der Waals surface area contributed by atoms with Gasteiger partial charge in [0.1, 0.15) is 0 Å². The molecule has 0 saturated carbocycles. The second-order valence-electron chi connectivity index (χ2n) is 0.894. The Balaban J connectivity index is -0.000000107. The molecule has 0 aromatic rings. The molecule has 0 heterocycles. The summed E-state index contributed by atoms with van der Waals surface area (Å²) in [6.07, 6.45) is 0. The Hall–Kier alpha value is 0.908. The third-order valence-electron chi connectivity index (χ3n) is 0. The van der Waals surface area contributed by atoms with E-state index in [0.717, 1.165) is 0 Å². The Morgan fingerprint density at radius 2 is 0.636 bits per heavy atom. The van der Waals surface area contributed by atoms with E-state index in [0.29, 0.717) is 0 Å². The topological polar surface area (TPSA) is 172 Å². The smallest absolute Gasteiger partial charge is 0.822 e. The quantitative estimate of drug-likeness (QED) is 0.378. The Bertz CT molecular complexity index is 124. The van der Waals surface area contributed by atoms with Crippen molar-refractivity contribution in [3.63, 3.8) is 0 Å². The first-order valence-corrected chi connectivity index (χ1v) is 4.38. The van der Waals surface area contributed by atoms with Gasteiger partial charge in [-0.25, -0.2) is 0 Å². The fourth-order valence-corrected chi connectivity index (χ4v) is 0. The van der Waals surface area contributed by atoms with E-state index >= 15 is 0 Å². The minimum Gasteiger partial charge on any atom is -0.822 e. The number of phosphoric acid groups is 2. The third kappa shape index (κ3) is 1050. The summed E-state index contributed by atoms with van der Waals surface area (Å²) >= 11 is 0. The van der Waals surface area contributed by atoms with Crippen LogP contribution in [0.2, 0.25) is 0 Å². The summed E-state index contributed by atoms with van der Waals surface area (Å²) < 4.78 is 17.1. The van der Waals surface area contributed by atoms with E-state index in [1.807, 2.05) is 0 Å². The van der Waals surface area contributed by atoms with Crippen molar-refractivity contribution in [2.45, 2.75) is 0 Å². The molecule has 0 amide bonds. The first-order chi connectivity index (χ1) is 4.00. The summed E-state index contributed by atoms with van der Waals surface area (Å²) in [5.74, 6) is 0. The molecule has 0 aliphatic carbocycles. The van der Waals surface area contributed by atoms with Crippen molar-refractivity contribution in [1.82, 2.24) is 0 Å². The van der Waals surface area contributed by atoms with Crippen LogP contribution in [0.5, 0.6) is 0 Å². The fraction of sp³-hybridized carbons (Fsp3) is 0. The van der Waals surface area contributed by atoms with E-state index in [9.17, 15) is 0 Å². The molecule has 0 rings (SSSR count). The summed E-state index contributed by atoms with van der Waals surface area (Å²) in [7, 11) is -10.8. The second-order valence-corrected chi connectivity index (χ2v) is 2.68. The zero-order valence-corrected chi connectivity index (χ0v) is 9.29. The molecule has 0 N–H and O–H groups in total. The van der Waals surface area contributed by atoms with Crippen LogP contribution in [-0.4, -0.2) is 0 Å². The molecule has 0 aliphatic heterocycles. The van der Waals surface area contributed by atoms with Crippen LogP contribution in [-0.2, 0) is 30.2 Å². The van der Waals surface area contributed by atoms with Crippen LogP contribution in [0.1, 0.15) is 0 Å². The van der Waals surface area contributed by atoms with Crippen LogP contribution in [0.4, 0.5) is 0 Å². The molecule has 0 spiro atoms. The van der Waals surface area contributed by atoms with Gasteiger partial charge in [0.2, 0.25) is 0 Å². The standard InChI is InChI=1S/2H3O4P.W/c2*1-5(2,3)4;/h2*(H3,1,2,3,4);/q;;+6/p-6. The summed E-state index contributed by atoms with van der Waals surface area (Å²) in [6.45, 7) is 0. The summed E-state index contributed by atoms with van der Waals surface area (Å²) in [4.78, 5) is 51.3. The number of rotatable bonds is 0. The van der Waals surface area contributed by atoms with Gasteiger partial charge in [-0.1, -0.05) is 0 Å². The number of hydrogen-bond donors (Lipinski definition) is 0. The van der Waals surface area contributed by atoms with Crippen molar-refractivity contribution < 1.29 is 59.6 Å². The van der Waals surface area contributed by atoms with Crippen molar-refractivity contribution in [3.8, 4) is 0 Å². The van der Waals surface area contributed by atoms with Gasteiger partial charge >= 0.3 is 21.1 Å². The van der Waals surface area contributed by atoms with Crippen molar-refractivity contribution in [2.24, 2.45) is 0 Å². The van der Waals surface area contributed by atoms with Crippen molar-refractivity contribution in [2.75, 3.05) is 0 Å². The first-order valence-electron chi connectivity index (χ1n) is 1.46. The molecule has 0 atom stereocenters. The Morgan fingerprint density at radius 1 is 0.636 bits per heavy atom. The van der Waals surface area contributed by atoms with Crippen LogP contribution in [0.25, 0.3) is 0 Å². The molecule has 64 valence electrons. The summed E-state index contributed by atoms with van der Waals surface area (Å²) in [5, 5.41) is 0. The molecular formula is O8P2W. The summed E-state index contributed by atoms with van der Waals surface area (Å²) in [5.41, 5.74) is 0. The molecule has 0 aromatic heterocycles. The zero-order valence-electron chi connectivity index (χ0n) is 4.57. The Morgan fingerprint density at radius 3 is 0.636 bits per heavy atom. The van der Waals surface area contributed by atoms with Gasteiger partial charge in [0, 0.05) is 0 Å². The average molecular weight is 374 g/mol. The van der Waals surface area contributed by atoms with Gasteiger partial charge < -0.3 is 38.5 Å². The van der Waals surface area contributed by atoms with Gasteiger partial charge in [0.05, 0.1) is 0 Å². The Labute approximate surface area is 75.6 Å². The van der Waals surface area contributed by atoms with Crippen molar-refractivity contribution in [3.05, 3.63) is 0 Å². The third-order valence-corrected chi connectivity index (χ3v) is 0. The number of hydrogen-bond acceptors (Lipinski definition) is 8. The molecule has 0 bridgehead atoms. The van der Waals surface area contributed by atoms with E-state index in [4.69, 9.17) is 38.5 Å². The van der Waals surface area contributed by atoms with E-state index in [2.05, 4.69) is 0 Å². The minimum absolute atomic E-state index is 0. The van der Waals surface area contributed by atoms with Crippen LogP contribution >= 0.6 is 15.6 Å². The first kappa shape index (κ1) is 17.9. The average Bonchev–Trinajstić information content (AvgIpc) is 1.12. The van der Waals surface area contributed by atoms with E-state index in [-0.39, 0.29) is 21.1 Å². The second kappa shape index (κ2) is 6.43. The predicted octanol–water partition coefficient (Wildman–Crippen LogP) is -5.65. The molecule has 11 heavy (non-hydrogen) atoms. The van der Waals surface area contributed by atoms with Crippen molar-refractivity contribution in [1.29, 1.82) is 0 Å². The fourth-order valence-electron chi connectivity index (χ4n) is 0. The normalized spacial score (nSPS) is 10.7. The molecule has 0 saturated heterocycles. The molecule has 0 fully saturated rings.